The molecule has 1 aromatic heterocycles. The summed E-state index contributed by atoms with van der Waals surface area (Å²) in [5.74, 6) is -0.596. The molecule has 0 aliphatic carbocycles. The van der Waals surface area contributed by atoms with Crippen molar-refractivity contribution < 1.29 is 9.18 Å². The summed E-state index contributed by atoms with van der Waals surface area (Å²) >= 11 is 0. The molecule has 0 saturated carbocycles. The van der Waals surface area contributed by atoms with Crippen LogP contribution in [0.2, 0.25) is 0 Å². The first-order chi connectivity index (χ1) is 14.7. The molecule has 150 valence electrons. The number of hydrogen-bond acceptors (Lipinski definition) is 4. The van der Waals surface area contributed by atoms with Gasteiger partial charge in [0, 0.05) is 49.0 Å². The van der Waals surface area contributed by atoms with Gasteiger partial charge in [0.1, 0.15) is 11.7 Å². The molecule has 2 aromatic carbocycles. The molecule has 0 spiro atoms. The van der Waals surface area contributed by atoms with E-state index in [1.54, 1.807) is 12.3 Å². The van der Waals surface area contributed by atoms with Crippen LogP contribution in [-0.2, 0) is 4.79 Å². The van der Waals surface area contributed by atoms with E-state index in [0.29, 0.717) is 17.2 Å². The van der Waals surface area contributed by atoms with Crippen LogP contribution in [0, 0.1) is 5.82 Å². The first-order valence-electron chi connectivity index (χ1n) is 10.1. The van der Waals surface area contributed by atoms with Crippen LogP contribution >= 0.6 is 0 Å². The second kappa shape index (κ2) is 7.71. The number of nitrogens with one attached hydrogen (secondary N) is 1. The zero-order chi connectivity index (χ0) is 20.5. The topological polar surface area (TPSA) is 57.6 Å². The molecule has 1 saturated heterocycles. The molecular weight excluding hydrogens is 379 g/mol. The van der Waals surface area contributed by atoms with Crippen molar-refractivity contribution in [1.82, 2.24) is 4.98 Å². The van der Waals surface area contributed by atoms with E-state index in [4.69, 9.17) is 0 Å². The van der Waals surface area contributed by atoms with Gasteiger partial charge in [0.05, 0.1) is 5.69 Å². The maximum atomic E-state index is 13.6. The van der Waals surface area contributed by atoms with Gasteiger partial charge >= 0.3 is 0 Å². The van der Waals surface area contributed by atoms with Crippen LogP contribution in [0.15, 0.2) is 72.0 Å². The minimum Gasteiger partial charge on any atom is -0.371 e. The molecule has 3 aromatic rings. The largest absolute Gasteiger partial charge is 0.371 e. The summed E-state index contributed by atoms with van der Waals surface area (Å²) in [6, 6.07) is 16.5. The number of pyridine rings is 1. The van der Waals surface area contributed by atoms with Gasteiger partial charge in [0.2, 0.25) is 5.91 Å². The maximum absolute atomic E-state index is 13.6. The summed E-state index contributed by atoms with van der Waals surface area (Å²) in [5.41, 5.74) is 4.53. The van der Waals surface area contributed by atoms with Crippen LogP contribution in [0.25, 0.3) is 0 Å². The monoisotopic (exact) mass is 400 g/mol. The van der Waals surface area contributed by atoms with Crippen LogP contribution in [0.4, 0.5) is 21.5 Å². The molecule has 2 unspecified atom stereocenters. The van der Waals surface area contributed by atoms with E-state index in [2.05, 4.69) is 44.5 Å². The van der Waals surface area contributed by atoms with Crippen molar-refractivity contribution in [3.63, 3.8) is 0 Å². The predicted molar refractivity (Wildman–Crippen MR) is 116 cm³/mol. The Labute approximate surface area is 174 Å². The molecule has 0 bridgehead atoms. The number of nitrogens with zero attached hydrogens (tertiary/aromatic N) is 3. The lowest BCUT2D eigenvalue weighted by atomic mass is 10.00. The minimum absolute atomic E-state index is 0.185. The van der Waals surface area contributed by atoms with Crippen molar-refractivity contribution >= 4 is 29.2 Å². The van der Waals surface area contributed by atoms with Crippen molar-refractivity contribution in [3.8, 4) is 0 Å². The summed E-state index contributed by atoms with van der Waals surface area (Å²) in [5, 5.41) is 2.77. The van der Waals surface area contributed by atoms with Gasteiger partial charge in [0.15, 0.2) is 0 Å². The average Bonchev–Trinajstić information content (AvgIpc) is 3.38. The summed E-state index contributed by atoms with van der Waals surface area (Å²) in [6.45, 7) is 2.00. The number of anilines is 2. The zero-order valence-corrected chi connectivity index (χ0v) is 16.3. The number of benzene rings is 2. The van der Waals surface area contributed by atoms with E-state index in [9.17, 15) is 9.18 Å². The van der Waals surface area contributed by atoms with E-state index < -0.39 is 5.92 Å². The third-order valence-corrected chi connectivity index (χ3v) is 5.84. The first-order valence-corrected chi connectivity index (χ1v) is 10.1. The fraction of sp³-hybridized carbons (Fsp3) is 0.208. The van der Waals surface area contributed by atoms with Gasteiger partial charge in [0.25, 0.3) is 0 Å². The van der Waals surface area contributed by atoms with Gasteiger partial charge in [-0.2, -0.15) is 0 Å². The number of aliphatic imine (C=N–C) groups is 1. The fourth-order valence-corrected chi connectivity index (χ4v) is 4.22. The molecule has 0 radical (unpaired) electrons. The fourth-order valence-electron chi connectivity index (χ4n) is 4.22. The van der Waals surface area contributed by atoms with Crippen LogP contribution in [0.3, 0.4) is 0 Å². The van der Waals surface area contributed by atoms with E-state index in [1.165, 1.54) is 17.7 Å². The van der Waals surface area contributed by atoms with E-state index in [0.717, 1.165) is 30.9 Å². The highest BCUT2D eigenvalue weighted by molar-refractivity contribution is 6.12. The Balaban J connectivity index is 1.27. The highest BCUT2D eigenvalue weighted by Gasteiger charge is 2.29. The summed E-state index contributed by atoms with van der Waals surface area (Å²) in [6.07, 6.45) is 6.41. The SMILES string of the molecule is O=C1Nc2ccc(F)cc2C1C=Nc1ccc(N2CCC(c3ccncc3)C2)cc1. The Bertz CT molecular complexity index is 1100. The smallest absolute Gasteiger partial charge is 0.237 e. The third-order valence-electron chi connectivity index (χ3n) is 5.84. The predicted octanol–water partition coefficient (Wildman–Crippen LogP) is 4.65. The second-order valence-electron chi connectivity index (χ2n) is 7.71. The van der Waals surface area contributed by atoms with E-state index >= 15 is 0 Å². The van der Waals surface area contributed by atoms with Gasteiger partial charge in [-0.15, -0.1) is 0 Å². The molecule has 3 heterocycles. The minimum atomic E-state index is -0.574. The number of carbonyl (C=O) groups excluding carboxylic acids is 1. The molecular formula is C24H21FN4O. The Morgan fingerprint density at radius 3 is 2.70 bits per heavy atom. The molecule has 5 nitrogen and oxygen atoms in total. The van der Waals surface area contributed by atoms with Gasteiger partial charge in [-0.25, -0.2) is 4.39 Å². The standard InChI is InChI=1S/C24H21FN4O/c25-18-1-6-23-21(13-18)22(24(30)28-23)14-27-19-2-4-20(5-3-19)29-12-9-17(15-29)16-7-10-26-11-8-16/h1-8,10-11,13-14,17,22H,9,12,15H2,(H,28,30). The van der Waals surface area contributed by atoms with Crippen molar-refractivity contribution in [1.29, 1.82) is 0 Å². The van der Waals surface area contributed by atoms with E-state index in [1.807, 2.05) is 24.5 Å². The molecule has 1 amide bonds. The lowest BCUT2D eigenvalue weighted by molar-refractivity contribution is -0.115. The van der Waals surface area contributed by atoms with Gasteiger partial charge in [-0.05, 0) is 72.1 Å². The van der Waals surface area contributed by atoms with Crippen molar-refractivity contribution in [2.75, 3.05) is 23.3 Å². The lowest BCUT2D eigenvalue weighted by Crippen LogP contribution is -2.18. The van der Waals surface area contributed by atoms with Gasteiger partial charge in [-0.1, -0.05) is 0 Å². The number of rotatable bonds is 4. The summed E-state index contributed by atoms with van der Waals surface area (Å²) < 4.78 is 13.6. The quantitative estimate of drug-likeness (QED) is 0.649. The second-order valence-corrected chi connectivity index (χ2v) is 7.71. The Kier molecular flexibility index (Phi) is 4.75. The lowest BCUT2D eigenvalue weighted by Gasteiger charge is -2.19. The number of aromatic nitrogens is 1. The number of halogens is 1. The zero-order valence-electron chi connectivity index (χ0n) is 16.3. The number of fused-ring (bicyclic) bond motifs is 1. The van der Waals surface area contributed by atoms with Crippen LogP contribution in [-0.4, -0.2) is 30.2 Å². The maximum Gasteiger partial charge on any atom is 0.237 e. The highest BCUT2D eigenvalue weighted by Crippen LogP contribution is 2.33. The Morgan fingerprint density at radius 2 is 1.90 bits per heavy atom. The van der Waals surface area contributed by atoms with E-state index in [-0.39, 0.29) is 11.7 Å². The first kappa shape index (κ1) is 18.5. The summed E-state index contributed by atoms with van der Waals surface area (Å²) in [7, 11) is 0. The van der Waals surface area contributed by atoms with Crippen molar-refractivity contribution in [3.05, 3.63) is 83.9 Å². The molecule has 2 atom stereocenters. The van der Waals surface area contributed by atoms with Crippen molar-refractivity contribution in [2.24, 2.45) is 4.99 Å². The molecule has 2 aliphatic heterocycles. The van der Waals surface area contributed by atoms with Gasteiger partial charge < -0.3 is 10.2 Å². The molecule has 5 rings (SSSR count). The molecule has 2 aliphatic rings. The molecule has 6 heteroatoms. The van der Waals surface area contributed by atoms with Crippen LogP contribution in [0.1, 0.15) is 29.4 Å². The Morgan fingerprint density at radius 1 is 1.10 bits per heavy atom. The number of hydrogen-bond donors (Lipinski definition) is 1. The molecule has 1 fully saturated rings. The Hall–Kier alpha value is -3.54. The number of carbonyl (C=O) groups is 1. The number of amides is 1. The molecule has 1 N–H and O–H groups in total. The highest BCUT2D eigenvalue weighted by atomic mass is 19.1. The third kappa shape index (κ3) is 3.56. The van der Waals surface area contributed by atoms with Crippen LogP contribution < -0.4 is 10.2 Å². The average molecular weight is 400 g/mol. The summed E-state index contributed by atoms with van der Waals surface area (Å²) in [4.78, 5) is 23.1. The normalized spacial score (nSPS) is 20.6. The molecule has 30 heavy (non-hydrogen) atoms. The van der Waals surface area contributed by atoms with Gasteiger partial charge in [-0.3, -0.25) is 14.8 Å². The van der Waals surface area contributed by atoms with Crippen molar-refractivity contribution in [2.45, 2.75) is 18.3 Å². The van der Waals surface area contributed by atoms with Crippen LogP contribution in [0.5, 0.6) is 0 Å².